The molecule has 0 fully saturated rings. The van der Waals surface area contributed by atoms with Crippen molar-refractivity contribution in [1.82, 2.24) is 15.3 Å². The van der Waals surface area contributed by atoms with Gasteiger partial charge in [0, 0.05) is 35.1 Å². The topological polar surface area (TPSA) is 37.8 Å². The van der Waals surface area contributed by atoms with Crippen molar-refractivity contribution in [3.05, 3.63) is 35.6 Å². The van der Waals surface area contributed by atoms with Crippen LogP contribution in [-0.4, -0.2) is 17.0 Å². The molecule has 0 aromatic carbocycles. The van der Waals surface area contributed by atoms with Crippen LogP contribution in [0, 0.1) is 0 Å². The lowest BCUT2D eigenvalue weighted by Gasteiger charge is -2.04. The Balaban J connectivity index is 2.28. The van der Waals surface area contributed by atoms with Crippen molar-refractivity contribution in [3.8, 4) is 10.6 Å². The van der Waals surface area contributed by atoms with E-state index in [0.29, 0.717) is 6.04 Å². The fourth-order valence-corrected chi connectivity index (χ4v) is 2.22. The molecule has 0 saturated heterocycles. The quantitative estimate of drug-likeness (QED) is 0.861. The first kappa shape index (κ1) is 10.3. The summed E-state index contributed by atoms with van der Waals surface area (Å²) in [5.74, 6) is 0. The SMILES string of the molecule is CNC(C)c1cnc(-c2cccnc2)s1. The first-order chi connectivity index (χ1) is 7.31. The zero-order valence-electron chi connectivity index (χ0n) is 8.77. The molecule has 3 nitrogen and oxygen atoms in total. The molecule has 0 spiro atoms. The third-order valence-electron chi connectivity index (χ3n) is 2.29. The van der Waals surface area contributed by atoms with Crippen LogP contribution in [-0.2, 0) is 0 Å². The van der Waals surface area contributed by atoms with E-state index in [1.54, 1.807) is 17.5 Å². The van der Waals surface area contributed by atoms with Gasteiger partial charge in [-0.05, 0) is 26.1 Å². The largest absolute Gasteiger partial charge is 0.312 e. The van der Waals surface area contributed by atoms with Crippen LogP contribution in [0.25, 0.3) is 10.6 Å². The van der Waals surface area contributed by atoms with Crippen LogP contribution in [0.1, 0.15) is 17.8 Å². The second-order valence-electron chi connectivity index (χ2n) is 3.32. The molecule has 0 aliphatic heterocycles. The Hall–Kier alpha value is -1.26. The Morgan fingerprint density at radius 1 is 1.40 bits per heavy atom. The predicted molar refractivity (Wildman–Crippen MR) is 62.8 cm³/mol. The Morgan fingerprint density at radius 2 is 2.27 bits per heavy atom. The second-order valence-corrected chi connectivity index (χ2v) is 4.38. The molecule has 1 atom stereocenters. The van der Waals surface area contributed by atoms with Gasteiger partial charge in [0.25, 0.3) is 0 Å². The summed E-state index contributed by atoms with van der Waals surface area (Å²) >= 11 is 1.71. The van der Waals surface area contributed by atoms with Gasteiger partial charge in [-0.15, -0.1) is 11.3 Å². The highest BCUT2D eigenvalue weighted by atomic mass is 32.1. The number of rotatable bonds is 3. The van der Waals surface area contributed by atoms with Gasteiger partial charge in [-0.2, -0.15) is 0 Å². The molecule has 2 heterocycles. The molecule has 0 saturated carbocycles. The molecule has 1 unspecified atom stereocenters. The minimum Gasteiger partial charge on any atom is -0.312 e. The third-order valence-corrected chi connectivity index (χ3v) is 3.52. The second kappa shape index (κ2) is 4.51. The molecule has 1 N–H and O–H groups in total. The van der Waals surface area contributed by atoms with Crippen molar-refractivity contribution < 1.29 is 0 Å². The van der Waals surface area contributed by atoms with E-state index in [1.807, 2.05) is 31.6 Å². The number of hydrogen-bond acceptors (Lipinski definition) is 4. The molecule has 2 aromatic heterocycles. The van der Waals surface area contributed by atoms with Gasteiger partial charge in [0.15, 0.2) is 0 Å². The lowest BCUT2D eigenvalue weighted by Crippen LogP contribution is -2.10. The van der Waals surface area contributed by atoms with Crippen LogP contribution in [0.3, 0.4) is 0 Å². The molecule has 0 radical (unpaired) electrons. The highest BCUT2D eigenvalue weighted by Gasteiger charge is 2.08. The molecule has 15 heavy (non-hydrogen) atoms. The maximum absolute atomic E-state index is 4.39. The number of aromatic nitrogens is 2. The van der Waals surface area contributed by atoms with E-state index < -0.39 is 0 Å². The first-order valence-corrected chi connectivity index (χ1v) is 5.66. The fourth-order valence-electron chi connectivity index (χ4n) is 1.25. The summed E-state index contributed by atoms with van der Waals surface area (Å²) in [5, 5.41) is 4.23. The Labute approximate surface area is 93.2 Å². The van der Waals surface area contributed by atoms with E-state index in [9.17, 15) is 0 Å². The lowest BCUT2D eigenvalue weighted by atomic mass is 10.3. The van der Waals surface area contributed by atoms with Crippen molar-refractivity contribution in [1.29, 1.82) is 0 Å². The van der Waals surface area contributed by atoms with Crippen LogP contribution in [0.4, 0.5) is 0 Å². The zero-order valence-corrected chi connectivity index (χ0v) is 9.58. The van der Waals surface area contributed by atoms with Gasteiger partial charge in [-0.1, -0.05) is 0 Å². The standard InChI is InChI=1S/C11H13N3S/c1-8(12-2)10-7-14-11(15-10)9-4-3-5-13-6-9/h3-8,12H,1-2H3. The van der Waals surface area contributed by atoms with Crippen LogP contribution < -0.4 is 5.32 Å². The molecular formula is C11H13N3S. The van der Waals surface area contributed by atoms with Crippen molar-refractivity contribution in [2.45, 2.75) is 13.0 Å². The van der Waals surface area contributed by atoms with Crippen LogP contribution >= 0.6 is 11.3 Å². The number of pyridine rings is 1. The van der Waals surface area contributed by atoms with Gasteiger partial charge in [-0.25, -0.2) is 4.98 Å². The summed E-state index contributed by atoms with van der Waals surface area (Å²) in [6.45, 7) is 2.13. The predicted octanol–water partition coefficient (Wildman–Crippen LogP) is 2.49. The van der Waals surface area contributed by atoms with Gasteiger partial charge >= 0.3 is 0 Å². The van der Waals surface area contributed by atoms with E-state index in [0.717, 1.165) is 10.6 Å². The van der Waals surface area contributed by atoms with Crippen molar-refractivity contribution in [2.75, 3.05) is 7.05 Å². The zero-order chi connectivity index (χ0) is 10.7. The minimum atomic E-state index is 0.355. The van der Waals surface area contributed by atoms with E-state index >= 15 is 0 Å². The molecule has 2 aromatic rings. The van der Waals surface area contributed by atoms with Crippen molar-refractivity contribution in [2.24, 2.45) is 0 Å². The smallest absolute Gasteiger partial charge is 0.125 e. The summed E-state index contributed by atoms with van der Waals surface area (Å²) < 4.78 is 0. The maximum Gasteiger partial charge on any atom is 0.125 e. The monoisotopic (exact) mass is 219 g/mol. The van der Waals surface area contributed by atoms with Crippen LogP contribution in [0.15, 0.2) is 30.7 Å². The van der Waals surface area contributed by atoms with E-state index in [-0.39, 0.29) is 0 Å². The first-order valence-electron chi connectivity index (χ1n) is 4.84. The van der Waals surface area contributed by atoms with E-state index in [4.69, 9.17) is 0 Å². The molecule has 0 aliphatic carbocycles. The molecule has 0 bridgehead atoms. The molecule has 0 aliphatic rings. The van der Waals surface area contributed by atoms with E-state index in [2.05, 4.69) is 22.2 Å². The molecule has 78 valence electrons. The molecule has 4 heteroatoms. The van der Waals surface area contributed by atoms with Crippen LogP contribution in [0.2, 0.25) is 0 Å². The minimum absolute atomic E-state index is 0.355. The lowest BCUT2D eigenvalue weighted by molar-refractivity contribution is 0.662. The van der Waals surface area contributed by atoms with Gasteiger partial charge in [0.2, 0.25) is 0 Å². The summed E-state index contributed by atoms with van der Waals surface area (Å²) in [6, 6.07) is 4.31. The summed E-state index contributed by atoms with van der Waals surface area (Å²) in [7, 11) is 1.95. The van der Waals surface area contributed by atoms with Gasteiger partial charge in [0.1, 0.15) is 5.01 Å². The van der Waals surface area contributed by atoms with Gasteiger partial charge in [-0.3, -0.25) is 4.98 Å². The summed E-state index contributed by atoms with van der Waals surface area (Å²) in [5.41, 5.74) is 1.08. The van der Waals surface area contributed by atoms with Crippen molar-refractivity contribution >= 4 is 11.3 Å². The number of thiazole rings is 1. The van der Waals surface area contributed by atoms with E-state index in [1.165, 1.54) is 4.88 Å². The number of nitrogens with one attached hydrogen (secondary N) is 1. The Bertz CT molecular complexity index is 424. The number of nitrogens with zero attached hydrogens (tertiary/aromatic N) is 2. The summed E-state index contributed by atoms with van der Waals surface area (Å²) in [4.78, 5) is 9.73. The summed E-state index contributed by atoms with van der Waals surface area (Å²) in [6.07, 6.45) is 5.54. The third kappa shape index (κ3) is 2.22. The number of hydrogen-bond donors (Lipinski definition) is 1. The fraction of sp³-hybridized carbons (Fsp3) is 0.273. The van der Waals surface area contributed by atoms with Gasteiger partial charge in [0.05, 0.1) is 0 Å². The molecular weight excluding hydrogens is 206 g/mol. The molecule has 2 rings (SSSR count). The highest BCUT2D eigenvalue weighted by molar-refractivity contribution is 7.15. The normalized spacial score (nSPS) is 12.7. The average molecular weight is 219 g/mol. The molecule has 0 amide bonds. The highest BCUT2D eigenvalue weighted by Crippen LogP contribution is 2.27. The maximum atomic E-state index is 4.39. The Morgan fingerprint density at radius 3 is 2.93 bits per heavy atom. The Kier molecular flexibility index (Phi) is 3.08. The average Bonchev–Trinajstić information content (AvgIpc) is 2.78. The van der Waals surface area contributed by atoms with Gasteiger partial charge < -0.3 is 5.32 Å². The van der Waals surface area contributed by atoms with Crippen molar-refractivity contribution in [3.63, 3.8) is 0 Å². The van der Waals surface area contributed by atoms with Crippen LogP contribution in [0.5, 0.6) is 0 Å².